The number of rotatable bonds is 6. The quantitative estimate of drug-likeness (QED) is 0.672. The van der Waals surface area contributed by atoms with Gasteiger partial charge in [0.15, 0.2) is 0 Å². The molecule has 0 unspecified atom stereocenters. The van der Waals surface area contributed by atoms with Crippen LogP contribution in [0.4, 0.5) is 5.69 Å². The van der Waals surface area contributed by atoms with Crippen LogP contribution in [0.3, 0.4) is 0 Å². The minimum Gasteiger partial charge on any atom is -0.469 e. The van der Waals surface area contributed by atoms with Crippen molar-refractivity contribution in [2.24, 2.45) is 5.92 Å². The molecular weight excluding hydrogens is 380 g/mol. The van der Waals surface area contributed by atoms with Gasteiger partial charge in [0.2, 0.25) is 15.9 Å². The summed E-state index contributed by atoms with van der Waals surface area (Å²) in [5, 5.41) is 0. The van der Waals surface area contributed by atoms with Crippen molar-refractivity contribution in [2.75, 3.05) is 30.8 Å². The Morgan fingerprint density at radius 3 is 2.29 bits per heavy atom. The number of likely N-dealkylation sites (tertiary alicyclic amines) is 1. The first-order valence-corrected chi connectivity index (χ1v) is 11.4. The van der Waals surface area contributed by atoms with Crippen LogP contribution in [0.5, 0.6) is 0 Å². The molecule has 0 spiro atoms. The van der Waals surface area contributed by atoms with E-state index in [4.69, 9.17) is 4.74 Å². The maximum Gasteiger partial charge on any atom is 0.308 e. The number of piperidine rings is 1. The van der Waals surface area contributed by atoms with Gasteiger partial charge >= 0.3 is 5.97 Å². The summed E-state index contributed by atoms with van der Waals surface area (Å²) >= 11 is 0. The number of methoxy groups -OCH3 is 1. The number of carbonyl (C=O) groups is 2. The maximum atomic E-state index is 13.2. The molecule has 7 nitrogen and oxygen atoms in total. The van der Waals surface area contributed by atoms with Crippen LogP contribution in [0, 0.1) is 19.8 Å². The Morgan fingerprint density at radius 2 is 1.82 bits per heavy atom. The van der Waals surface area contributed by atoms with E-state index in [1.54, 1.807) is 17.0 Å². The van der Waals surface area contributed by atoms with E-state index in [0.29, 0.717) is 38.0 Å². The predicted molar refractivity (Wildman–Crippen MR) is 109 cm³/mol. The molecule has 0 N–H and O–H groups in total. The molecule has 28 heavy (non-hydrogen) atoms. The van der Waals surface area contributed by atoms with Crippen LogP contribution >= 0.6 is 0 Å². The first kappa shape index (κ1) is 22.2. The number of ether oxygens (including phenoxy) is 1. The SMILES string of the molecule is CC[C@@H](C(=O)N1CCC(C(=O)OC)CC1)N(c1ccc(C)c(C)c1)S(C)(=O)=O. The van der Waals surface area contributed by atoms with Crippen molar-refractivity contribution in [3.05, 3.63) is 29.3 Å². The summed E-state index contributed by atoms with van der Waals surface area (Å²) in [6.45, 7) is 6.51. The Balaban J connectivity index is 2.28. The van der Waals surface area contributed by atoms with Gasteiger partial charge in [0.25, 0.3) is 0 Å². The van der Waals surface area contributed by atoms with Crippen LogP contribution in [0.15, 0.2) is 18.2 Å². The standard InChI is InChI=1S/C20H30N2O5S/c1-6-18(19(23)21-11-9-16(10-12-21)20(24)27-4)22(28(5,25)26)17-8-7-14(2)15(3)13-17/h7-8,13,16,18H,6,9-12H2,1-5H3/t18-/m0/s1. The lowest BCUT2D eigenvalue weighted by Gasteiger charge is -2.37. The number of anilines is 1. The molecule has 1 aromatic rings. The molecule has 1 amide bonds. The number of sulfonamides is 1. The summed E-state index contributed by atoms with van der Waals surface area (Å²) in [6, 6.07) is 4.59. The van der Waals surface area contributed by atoms with Gasteiger partial charge in [-0.25, -0.2) is 8.42 Å². The summed E-state index contributed by atoms with van der Waals surface area (Å²) in [5.74, 6) is -0.693. The van der Waals surface area contributed by atoms with Crippen LogP contribution in [0.1, 0.15) is 37.3 Å². The fourth-order valence-corrected chi connectivity index (χ4v) is 4.82. The van der Waals surface area contributed by atoms with E-state index in [1.165, 1.54) is 11.4 Å². The van der Waals surface area contributed by atoms with E-state index in [9.17, 15) is 18.0 Å². The average Bonchev–Trinajstić information content (AvgIpc) is 2.66. The molecule has 0 bridgehead atoms. The number of hydrogen-bond acceptors (Lipinski definition) is 5. The van der Waals surface area contributed by atoms with E-state index in [1.807, 2.05) is 26.8 Å². The number of carbonyl (C=O) groups excluding carboxylic acids is 2. The van der Waals surface area contributed by atoms with Crippen molar-refractivity contribution in [1.82, 2.24) is 4.90 Å². The lowest BCUT2D eigenvalue weighted by molar-refractivity contribution is -0.149. The van der Waals surface area contributed by atoms with E-state index >= 15 is 0 Å². The molecule has 0 aromatic heterocycles. The van der Waals surface area contributed by atoms with Crippen LogP contribution in [0.25, 0.3) is 0 Å². The lowest BCUT2D eigenvalue weighted by atomic mass is 9.96. The van der Waals surface area contributed by atoms with Crippen molar-refractivity contribution < 1.29 is 22.7 Å². The van der Waals surface area contributed by atoms with E-state index in [0.717, 1.165) is 17.4 Å². The molecule has 1 atom stereocenters. The predicted octanol–water partition coefficient (Wildman–Crippen LogP) is 2.26. The van der Waals surface area contributed by atoms with Crippen molar-refractivity contribution in [2.45, 2.75) is 46.1 Å². The highest BCUT2D eigenvalue weighted by Gasteiger charge is 2.36. The van der Waals surface area contributed by atoms with Gasteiger partial charge in [-0.3, -0.25) is 13.9 Å². The van der Waals surface area contributed by atoms with Crippen LogP contribution in [0.2, 0.25) is 0 Å². The van der Waals surface area contributed by atoms with Gasteiger partial charge < -0.3 is 9.64 Å². The Morgan fingerprint density at radius 1 is 1.21 bits per heavy atom. The molecule has 1 aliphatic heterocycles. The van der Waals surface area contributed by atoms with Crippen LogP contribution in [-0.4, -0.2) is 57.7 Å². The van der Waals surface area contributed by atoms with E-state index in [-0.39, 0.29) is 17.8 Å². The minimum atomic E-state index is -3.66. The highest BCUT2D eigenvalue weighted by molar-refractivity contribution is 7.92. The van der Waals surface area contributed by atoms with Gasteiger partial charge in [-0.1, -0.05) is 13.0 Å². The summed E-state index contributed by atoms with van der Waals surface area (Å²) < 4.78 is 31.2. The normalized spacial score (nSPS) is 16.5. The molecule has 1 fully saturated rings. The third-order valence-corrected chi connectivity index (χ3v) is 6.58. The minimum absolute atomic E-state index is 0.208. The smallest absolute Gasteiger partial charge is 0.308 e. The van der Waals surface area contributed by atoms with Crippen LogP contribution < -0.4 is 4.31 Å². The number of nitrogens with zero attached hydrogens (tertiary/aromatic N) is 2. The first-order valence-electron chi connectivity index (χ1n) is 9.53. The molecule has 8 heteroatoms. The van der Waals surface area contributed by atoms with E-state index < -0.39 is 16.1 Å². The lowest BCUT2D eigenvalue weighted by Crippen LogP contribution is -2.52. The number of esters is 1. The number of aryl methyl sites for hydroxylation is 2. The molecule has 1 saturated heterocycles. The zero-order valence-electron chi connectivity index (χ0n) is 17.3. The highest BCUT2D eigenvalue weighted by atomic mass is 32.2. The second-order valence-corrected chi connectivity index (χ2v) is 9.23. The van der Waals surface area contributed by atoms with Gasteiger partial charge in [-0.05, 0) is 56.4 Å². The molecule has 1 heterocycles. The zero-order valence-corrected chi connectivity index (χ0v) is 18.1. The first-order chi connectivity index (χ1) is 13.1. The number of amides is 1. The fraction of sp³-hybridized carbons (Fsp3) is 0.600. The monoisotopic (exact) mass is 410 g/mol. The van der Waals surface area contributed by atoms with Gasteiger partial charge in [-0.15, -0.1) is 0 Å². The average molecular weight is 411 g/mol. The molecule has 2 rings (SSSR count). The Hall–Kier alpha value is -2.09. The Bertz CT molecular complexity index is 829. The van der Waals surface area contributed by atoms with Crippen molar-refractivity contribution in [3.8, 4) is 0 Å². The molecule has 0 saturated carbocycles. The third-order valence-electron chi connectivity index (χ3n) is 5.40. The largest absolute Gasteiger partial charge is 0.469 e. The fourth-order valence-electron chi connectivity index (χ4n) is 3.62. The van der Waals surface area contributed by atoms with Gasteiger partial charge in [-0.2, -0.15) is 0 Å². The third kappa shape index (κ3) is 4.84. The second-order valence-electron chi connectivity index (χ2n) is 7.37. The molecule has 0 radical (unpaired) electrons. The van der Waals surface area contributed by atoms with Crippen LogP contribution in [-0.2, 0) is 24.3 Å². The summed E-state index contributed by atoms with van der Waals surface area (Å²) in [6.07, 6.45) is 2.53. The molecule has 156 valence electrons. The molecule has 0 aliphatic carbocycles. The Kier molecular flexibility index (Phi) is 7.09. The summed E-state index contributed by atoms with van der Waals surface area (Å²) in [4.78, 5) is 26.6. The molecule has 1 aromatic carbocycles. The Labute approximate surface area is 167 Å². The van der Waals surface area contributed by atoms with Gasteiger partial charge in [0, 0.05) is 13.1 Å². The second kappa shape index (κ2) is 8.94. The summed E-state index contributed by atoms with van der Waals surface area (Å²) in [5.41, 5.74) is 2.52. The molecular formula is C20H30N2O5S. The van der Waals surface area contributed by atoms with Gasteiger partial charge in [0.05, 0.1) is 25.0 Å². The van der Waals surface area contributed by atoms with E-state index in [2.05, 4.69) is 0 Å². The van der Waals surface area contributed by atoms with Crippen molar-refractivity contribution in [3.63, 3.8) is 0 Å². The number of hydrogen-bond donors (Lipinski definition) is 0. The highest BCUT2D eigenvalue weighted by Crippen LogP contribution is 2.27. The topological polar surface area (TPSA) is 84.0 Å². The maximum absolute atomic E-state index is 13.2. The van der Waals surface area contributed by atoms with Crippen molar-refractivity contribution in [1.29, 1.82) is 0 Å². The number of benzene rings is 1. The van der Waals surface area contributed by atoms with Crippen molar-refractivity contribution >= 4 is 27.6 Å². The zero-order chi connectivity index (χ0) is 21.1. The molecule has 1 aliphatic rings. The summed E-state index contributed by atoms with van der Waals surface area (Å²) in [7, 11) is -2.30. The van der Waals surface area contributed by atoms with Gasteiger partial charge in [0.1, 0.15) is 6.04 Å².